The summed E-state index contributed by atoms with van der Waals surface area (Å²) in [5.74, 6) is -0.182. The van der Waals surface area contributed by atoms with E-state index in [-0.39, 0.29) is 11.9 Å². The van der Waals surface area contributed by atoms with Crippen LogP contribution in [-0.4, -0.2) is 24.0 Å². The van der Waals surface area contributed by atoms with Crippen molar-refractivity contribution < 1.29 is 4.79 Å². The van der Waals surface area contributed by atoms with E-state index in [0.717, 1.165) is 25.9 Å². The number of rotatable bonds is 4. The molecule has 1 rings (SSSR count). The molecule has 0 aromatic rings. The van der Waals surface area contributed by atoms with Crippen LogP contribution in [0.15, 0.2) is 24.9 Å². The number of likely N-dealkylation sites (tertiary alicyclic amines) is 1. The zero-order valence-corrected chi connectivity index (χ0v) is 12.1. The predicted octanol–water partition coefficient (Wildman–Crippen LogP) is 3.44. The van der Waals surface area contributed by atoms with Crippen molar-refractivity contribution in [2.24, 2.45) is 5.92 Å². The molecule has 4 heteroatoms. The molecular weight excluding hydrogens is 238 g/mol. The second kappa shape index (κ2) is 11.3. The highest BCUT2D eigenvalue weighted by Gasteiger charge is 2.14. The van der Waals surface area contributed by atoms with Crippen LogP contribution in [0.4, 0.5) is 4.79 Å². The SMILES string of the molecule is C=CC(C#N)C/C=C/NC(=O)N1CCCCC1.CC. The van der Waals surface area contributed by atoms with Gasteiger partial charge in [0.05, 0.1) is 12.0 Å². The van der Waals surface area contributed by atoms with Crippen molar-refractivity contribution in [2.45, 2.75) is 39.5 Å². The van der Waals surface area contributed by atoms with Gasteiger partial charge in [0, 0.05) is 19.3 Å². The average Bonchev–Trinajstić information content (AvgIpc) is 2.50. The number of carbonyl (C=O) groups is 1. The standard InChI is InChI=1S/C13H19N3O.C2H6/c1-2-12(11-14)7-6-8-15-13(17)16-9-4-3-5-10-16;1-2/h2,6,8,12H,1,3-5,7,9-10H2,(H,15,17);1-2H3/b8-6+;. The molecule has 19 heavy (non-hydrogen) atoms. The summed E-state index contributed by atoms with van der Waals surface area (Å²) in [7, 11) is 0. The highest BCUT2D eigenvalue weighted by atomic mass is 16.2. The van der Waals surface area contributed by atoms with E-state index in [2.05, 4.69) is 18.0 Å². The third kappa shape index (κ3) is 7.30. The Labute approximate surface area is 116 Å². The first-order valence-corrected chi connectivity index (χ1v) is 7.00. The fourth-order valence-electron chi connectivity index (χ4n) is 1.73. The van der Waals surface area contributed by atoms with Gasteiger partial charge in [0.1, 0.15) is 0 Å². The molecule has 0 aromatic carbocycles. The molecular formula is C15H25N3O. The molecule has 1 aliphatic rings. The fourth-order valence-corrected chi connectivity index (χ4v) is 1.73. The maximum atomic E-state index is 11.7. The van der Waals surface area contributed by atoms with E-state index in [1.807, 2.05) is 18.7 Å². The van der Waals surface area contributed by atoms with Crippen molar-refractivity contribution in [1.29, 1.82) is 5.26 Å². The number of nitrogens with zero attached hydrogens (tertiary/aromatic N) is 2. The molecule has 0 aromatic heterocycles. The summed E-state index contributed by atoms with van der Waals surface area (Å²) >= 11 is 0. The Bertz CT molecular complexity index is 325. The first-order chi connectivity index (χ1) is 9.27. The number of hydrogen-bond donors (Lipinski definition) is 1. The van der Waals surface area contributed by atoms with E-state index in [4.69, 9.17) is 5.26 Å². The summed E-state index contributed by atoms with van der Waals surface area (Å²) < 4.78 is 0. The van der Waals surface area contributed by atoms with Crippen molar-refractivity contribution in [1.82, 2.24) is 10.2 Å². The van der Waals surface area contributed by atoms with Gasteiger partial charge in [-0.25, -0.2) is 4.79 Å². The van der Waals surface area contributed by atoms with Gasteiger partial charge in [0.25, 0.3) is 0 Å². The van der Waals surface area contributed by atoms with Gasteiger partial charge in [-0.3, -0.25) is 0 Å². The number of piperidine rings is 1. The van der Waals surface area contributed by atoms with Crippen LogP contribution >= 0.6 is 0 Å². The zero-order chi connectivity index (χ0) is 14.5. The smallest absolute Gasteiger partial charge is 0.321 e. The van der Waals surface area contributed by atoms with Crippen molar-refractivity contribution in [3.8, 4) is 6.07 Å². The molecule has 1 atom stereocenters. The monoisotopic (exact) mass is 263 g/mol. The molecule has 1 unspecified atom stereocenters. The molecule has 1 fully saturated rings. The Balaban J connectivity index is 0.00000154. The fraction of sp³-hybridized carbons (Fsp3) is 0.600. The van der Waals surface area contributed by atoms with E-state index in [9.17, 15) is 4.79 Å². The number of allylic oxidation sites excluding steroid dienone is 2. The van der Waals surface area contributed by atoms with Gasteiger partial charge in [0.15, 0.2) is 0 Å². The van der Waals surface area contributed by atoms with Gasteiger partial charge in [-0.2, -0.15) is 5.26 Å². The molecule has 1 aliphatic heterocycles. The molecule has 0 aliphatic carbocycles. The average molecular weight is 263 g/mol. The van der Waals surface area contributed by atoms with Crippen LogP contribution in [-0.2, 0) is 0 Å². The van der Waals surface area contributed by atoms with Crippen LogP contribution in [0.1, 0.15) is 39.5 Å². The second-order valence-corrected chi connectivity index (χ2v) is 4.11. The minimum Gasteiger partial charge on any atom is -0.325 e. The summed E-state index contributed by atoms with van der Waals surface area (Å²) in [6.07, 6.45) is 8.98. The first kappa shape index (κ1) is 17.2. The number of carbonyl (C=O) groups excluding carboxylic acids is 1. The molecule has 0 bridgehead atoms. The number of urea groups is 1. The summed E-state index contributed by atoms with van der Waals surface area (Å²) in [6, 6.07) is 2.06. The van der Waals surface area contributed by atoms with E-state index < -0.39 is 0 Å². The summed E-state index contributed by atoms with van der Waals surface area (Å²) in [5, 5.41) is 11.4. The maximum Gasteiger partial charge on any atom is 0.321 e. The summed E-state index contributed by atoms with van der Waals surface area (Å²) in [6.45, 7) is 9.25. The second-order valence-electron chi connectivity index (χ2n) is 4.11. The highest BCUT2D eigenvalue weighted by Crippen LogP contribution is 2.08. The maximum absolute atomic E-state index is 11.7. The molecule has 0 spiro atoms. The van der Waals surface area contributed by atoms with Gasteiger partial charge in [-0.1, -0.05) is 26.0 Å². The zero-order valence-electron chi connectivity index (χ0n) is 12.1. The predicted molar refractivity (Wildman–Crippen MR) is 78.4 cm³/mol. The van der Waals surface area contributed by atoms with E-state index in [0.29, 0.717) is 6.42 Å². The third-order valence-corrected chi connectivity index (χ3v) is 2.81. The molecule has 0 saturated carbocycles. The largest absolute Gasteiger partial charge is 0.325 e. The van der Waals surface area contributed by atoms with Crippen LogP contribution < -0.4 is 5.32 Å². The van der Waals surface area contributed by atoms with Crippen molar-refractivity contribution in [2.75, 3.05) is 13.1 Å². The van der Waals surface area contributed by atoms with Gasteiger partial charge in [-0.05, 0) is 25.7 Å². The molecule has 0 radical (unpaired) electrons. The lowest BCUT2D eigenvalue weighted by atomic mass is 10.1. The van der Waals surface area contributed by atoms with Crippen LogP contribution in [0.5, 0.6) is 0 Å². The van der Waals surface area contributed by atoms with Crippen molar-refractivity contribution in [3.05, 3.63) is 24.9 Å². The van der Waals surface area contributed by atoms with E-state index in [1.165, 1.54) is 6.42 Å². The lowest BCUT2D eigenvalue weighted by molar-refractivity contribution is 0.190. The van der Waals surface area contributed by atoms with Gasteiger partial charge in [0.2, 0.25) is 0 Å². The molecule has 1 N–H and O–H groups in total. The number of amides is 2. The Morgan fingerprint density at radius 2 is 2.05 bits per heavy atom. The van der Waals surface area contributed by atoms with Crippen LogP contribution in [0, 0.1) is 17.2 Å². The first-order valence-electron chi connectivity index (χ1n) is 7.00. The van der Waals surface area contributed by atoms with Gasteiger partial charge in [-0.15, -0.1) is 6.58 Å². The number of nitrogens with one attached hydrogen (secondary N) is 1. The Hall–Kier alpha value is -1.76. The minimum atomic E-state index is -0.182. The van der Waals surface area contributed by atoms with Gasteiger partial charge < -0.3 is 10.2 Å². The van der Waals surface area contributed by atoms with E-state index >= 15 is 0 Å². The number of nitriles is 1. The Morgan fingerprint density at radius 3 is 2.58 bits per heavy atom. The highest BCUT2D eigenvalue weighted by molar-refractivity contribution is 5.75. The van der Waals surface area contributed by atoms with Crippen LogP contribution in [0.25, 0.3) is 0 Å². The van der Waals surface area contributed by atoms with Crippen molar-refractivity contribution >= 4 is 6.03 Å². The molecule has 1 heterocycles. The molecule has 106 valence electrons. The Kier molecular flexibility index (Phi) is 10.3. The topological polar surface area (TPSA) is 56.1 Å². The number of hydrogen-bond acceptors (Lipinski definition) is 2. The molecule has 1 saturated heterocycles. The lowest BCUT2D eigenvalue weighted by Crippen LogP contribution is -2.40. The normalized spacial score (nSPS) is 15.9. The van der Waals surface area contributed by atoms with Gasteiger partial charge >= 0.3 is 6.03 Å². The Morgan fingerprint density at radius 1 is 1.42 bits per heavy atom. The minimum absolute atomic E-state index is 0.0481. The van der Waals surface area contributed by atoms with E-state index in [1.54, 1.807) is 18.4 Å². The lowest BCUT2D eigenvalue weighted by Gasteiger charge is -2.26. The third-order valence-electron chi connectivity index (χ3n) is 2.81. The molecule has 4 nitrogen and oxygen atoms in total. The quantitative estimate of drug-likeness (QED) is 0.790. The summed E-state index contributed by atoms with van der Waals surface area (Å²) in [4.78, 5) is 13.5. The summed E-state index contributed by atoms with van der Waals surface area (Å²) in [5.41, 5.74) is 0. The van der Waals surface area contributed by atoms with Crippen LogP contribution in [0.3, 0.4) is 0 Å². The van der Waals surface area contributed by atoms with Crippen LogP contribution in [0.2, 0.25) is 0 Å². The molecule has 2 amide bonds. The van der Waals surface area contributed by atoms with Crippen molar-refractivity contribution in [3.63, 3.8) is 0 Å².